The molecule has 3 aromatic carbocycles. The van der Waals surface area contributed by atoms with Gasteiger partial charge in [-0.1, -0.05) is 48.5 Å². The van der Waals surface area contributed by atoms with Gasteiger partial charge >= 0.3 is 12.4 Å². The molecule has 0 spiro atoms. The Kier molecular flexibility index (Phi) is 6.05. The Morgan fingerprint density at radius 2 is 1.60 bits per heavy atom. The van der Waals surface area contributed by atoms with Crippen LogP contribution in [0.1, 0.15) is 51.9 Å². The van der Waals surface area contributed by atoms with Crippen molar-refractivity contribution in [3.05, 3.63) is 131 Å². The van der Waals surface area contributed by atoms with Gasteiger partial charge in [0.05, 0.1) is 22.3 Å². The molecular formula is C36H28F6N3+. The monoisotopic (exact) mass is 616 g/mol. The van der Waals surface area contributed by atoms with Crippen LogP contribution in [0.3, 0.4) is 0 Å². The first kappa shape index (κ1) is 28.0. The van der Waals surface area contributed by atoms with Gasteiger partial charge in [-0.15, -0.1) is 0 Å². The minimum atomic E-state index is -5.00. The van der Waals surface area contributed by atoms with Gasteiger partial charge in [-0.05, 0) is 66.3 Å². The normalized spacial score (nSPS) is 21.7. The first-order valence-electron chi connectivity index (χ1n) is 15.0. The van der Waals surface area contributed by atoms with Crippen molar-refractivity contribution >= 4 is 5.70 Å². The summed E-state index contributed by atoms with van der Waals surface area (Å²) in [5.74, 6) is -0.249. The van der Waals surface area contributed by atoms with Crippen molar-refractivity contribution in [2.45, 2.75) is 49.7 Å². The summed E-state index contributed by atoms with van der Waals surface area (Å²) >= 11 is 0. The molecule has 0 radical (unpaired) electrons. The summed E-state index contributed by atoms with van der Waals surface area (Å²) in [6.45, 7) is 5.39. The van der Waals surface area contributed by atoms with E-state index < -0.39 is 23.5 Å². The van der Waals surface area contributed by atoms with Gasteiger partial charge in [0.25, 0.3) is 0 Å². The lowest BCUT2D eigenvalue weighted by molar-refractivity contribution is -0.573. The van der Waals surface area contributed by atoms with Gasteiger partial charge in [-0.25, -0.2) is 0 Å². The zero-order valence-corrected chi connectivity index (χ0v) is 24.0. The van der Waals surface area contributed by atoms with Crippen molar-refractivity contribution in [2.75, 3.05) is 6.54 Å². The molecule has 9 heteroatoms. The number of alkyl halides is 6. The molecule has 4 aromatic rings. The molecule has 45 heavy (non-hydrogen) atoms. The highest BCUT2D eigenvalue weighted by molar-refractivity contribution is 5.82. The molecule has 3 nitrogen and oxygen atoms in total. The fourth-order valence-electron chi connectivity index (χ4n) is 7.97. The van der Waals surface area contributed by atoms with Crippen LogP contribution < -0.4 is 4.57 Å². The molecule has 3 atom stereocenters. The maximum Gasteiger partial charge on any atom is 0.416 e. The maximum absolute atomic E-state index is 14.8. The van der Waals surface area contributed by atoms with E-state index >= 15 is 0 Å². The minimum absolute atomic E-state index is 0.0600. The van der Waals surface area contributed by atoms with Crippen molar-refractivity contribution in [1.82, 2.24) is 9.80 Å². The van der Waals surface area contributed by atoms with Crippen molar-refractivity contribution in [3.63, 3.8) is 0 Å². The lowest BCUT2D eigenvalue weighted by Gasteiger charge is -2.48. The first-order valence-corrected chi connectivity index (χ1v) is 15.0. The van der Waals surface area contributed by atoms with Crippen LogP contribution in [-0.2, 0) is 25.2 Å². The zero-order chi connectivity index (χ0) is 31.2. The molecule has 0 bridgehead atoms. The first-order chi connectivity index (χ1) is 21.5. The third-order valence-corrected chi connectivity index (χ3v) is 9.83. The molecule has 4 aliphatic rings. The van der Waals surface area contributed by atoms with Crippen LogP contribution in [-0.4, -0.2) is 22.4 Å². The van der Waals surface area contributed by atoms with Gasteiger partial charge < -0.3 is 9.80 Å². The Morgan fingerprint density at radius 3 is 2.36 bits per heavy atom. The van der Waals surface area contributed by atoms with E-state index in [0.29, 0.717) is 23.2 Å². The topological polar surface area (TPSA) is 10.4 Å². The lowest BCUT2D eigenvalue weighted by atomic mass is 9.75. The third-order valence-electron chi connectivity index (χ3n) is 9.83. The second kappa shape index (κ2) is 9.73. The number of hydrogen-bond acceptors (Lipinski definition) is 2. The Hall–Kier alpha value is -4.53. The standard InChI is InChI=1S/C36H28F6N3/c1-21-32-28(27-10-5-9-23-14-16-43-17-18-45(32)34(43)31(23)27)13-12-26-29(19-24(35(37,38)39)20-30(26)36(40,41)42)33-25(11-6-15-44(21)33)22-7-3-2-4-8-22/h2-11,15,17-20,28,32,34H,1,12-14,16H2/q+1. The van der Waals surface area contributed by atoms with Crippen LogP contribution in [0.4, 0.5) is 26.3 Å². The van der Waals surface area contributed by atoms with Crippen LogP contribution in [0.25, 0.3) is 28.1 Å². The summed E-state index contributed by atoms with van der Waals surface area (Å²) in [6, 6.07) is 19.6. The van der Waals surface area contributed by atoms with Gasteiger partial charge in [0, 0.05) is 36.5 Å². The molecule has 5 heterocycles. The summed E-state index contributed by atoms with van der Waals surface area (Å²) in [5, 5.41) is 0. The van der Waals surface area contributed by atoms with E-state index in [0.717, 1.165) is 24.6 Å². The van der Waals surface area contributed by atoms with Crippen molar-refractivity contribution in [1.29, 1.82) is 0 Å². The van der Waals surface area contributed by atoms with E-state index in [9.17, 15) is 26.3 Å². The molecule has 3 unspecified atom stereocenters. The number of benzene rings is 3. The molecule has 0 amide bonds. The van der Waals surface area contributed by atoms with E-state index in [-0.39, 0.29) is 47.4 Å². The Bertz CT molecular complexity index is 1890. The zero-order valence-electron chi connectivity index (χ0n) is 24.0. The fourth-order valence-corrected chi connectivity index (χ4v) is 7.97. The van der Waals surface area contributed by atoms with Crippen molar-refractivity contribution < 1.29 is 30.9 Å². The minimum Gasteiger partial charge on any atom is -0.352 e. The predicted octanol–water partition coefficient (Wildman–Crippen LogP) is 8.57. The van der Waals surface area contributed by atoms with Crippen molar-refractivity contribution in [2.24, 2.45) is 0 Å². The number of aromatic nitrogens is 1. The number of fused-ring (bicyclic) bond motifs is 6. The molecule has 0 saturated carbocycles. The van der Waals surface area contributed by atoms with Crippen LogP contribution in [0.5, 0.6) is 0 Å². The second-order valence-electron chi connectivity index (χ2n) is 12.2. The summed E-state index contributed by atoms with van der Waals surface area (Å²) in [7, 11) is 0. The van der Waals surface area contributed by atoms with Gasteiger partial charge in [0.2, 0.25) is 11.4 Å². The number of nitrogens with zero attached hydrogens (tertiary/aromatic N) is 3. The molecule has 0 fully saturated rings. The molecule has 228 valence electrons. The molecule has 4 aliphatic heterocycles. The van der Waals surface area contributed by atoms with Crippen LogP contribution in [0.15, 0.2) is 98.0 Å². The van der Waals surface area contributed by atoms with Crippen LogP contribution in [0.2, 0.25) is 0 Å². The fraction of sp³-hybridized carbons (Fsp3) is 0.250. The summed E-state index contributed by atoms with van der Waals surface area (Å²) in [5.41, 5.74) is 2.75. The average molecular weight is 617 g/mol. The van der Waals surface area contributed by atoms with Crippen LogP contribution >= 0.6 is 0 Å². The summed E-state index contributed by atoms with van der Waals surface area (Å²) < 4.78 is 89.0. The molecule has 0 saturated heterocycles. The highest BCUT2D eigenvalue weighted by atomic mass is 19.4. The Labute approximate surface area is 256 Å². The van der Waals surface area contributed by atoms with E-state index in [1.54, 1.807) is 35.0 Å². The van der Waals surface area contributed by atoms with Crippen LogP contribution in [0, 0.1) is 0 Å². The van der Waals surface area contributed by atoms with Gasteiger partial charge in [0.15, 0.2) is 6.20 Å². The predicted molar refractivity (Wildman–Crippen MR) is 158 cm³/mol. The lowest BCUT2D eigenvalue weighted by Crippen LogP contribution is -2.53. The largest absolute Gasteiger partial charge is 0.416 e. The Morgan fingerprint density at radius 1 is 0.800 bits per heavy atom. The molecule has 8 rings (SSSR count). The summed E-state index contributed by atoms with van der Waals surface area (Å²) in [6.07, 6.45) is -3.14. The summed E-state index contributed by atoms with van der Waals surface area (Å²) in [4.78, 5) is 4.52. The molecular weight excluding hydrogens is 588 g/mol. The van der Waals surface area contributed by atoms with E-state index in [1.807, 2.05) is 30.5 Å². The molecule has 1 aromatic heterocycles. The highest BCUT2D eigenvalue weighted by Gasteiger charge is 2.51. The number of halogens is 6. The van der Waals surface area contributed by atoms with Gasteiger partial charge in [-0.3, -0.25) is 0 Å². The number of rotatable bonds is 1. The van der Waals surface area contributed by atoms with Crippen molar-refractivity contribution in [3.8, 4) is 22.4 Å². The third kappa shape index (κ3) is 4.23. The van der Waals surface area contributed by atoms with Gasteiger partial charge in [0.1, 0.15) is 12.2 Å². The average Bonchev–Trinajstić information content (AvgIpc) is 3.47. The smallest absolute Gasteiger partial charge is 0.352 e. The van der Waals surface area contributed by atoms with E-state index in [2.05, 4.69) is 34.7 Å². The number of pyridine rings is 1. The molecule has 0 N–H and O–H groups in total. The Balaban J connectivity index is 1.46. The van der Waals surface area contributed by atoms with Gasteiger partial charge in [-0.2, -0.15) is 30.9 Å². The second-order valence-corrected chi connectivity index (χ2v) is 12.2. The highest BCUT2D eigenvalue weighted by Crippen LogP contribution is 2.53. The quantitative estimate of drug-likeness (QED) is 0.157. The molecule has 0 aliphatic carbocycles. The van der Waals surface area contributed by atoms with E-state index in [4.69, 9.17) is 0 Å². The maximum atomic E-state index is 14.8. The number of hydrogen-bond donors (Lipinski definition) is 0. The van der Waals surface area contributed by atoms with E-state index in [1.165, 1.54) is 11.1 Å². The SMILES string of the molecule is C=C1C2C(CCc3c(cc(C(F)(F)F)cc3C(F)(F)F)-c3c(-c4ccccc4)ccc[n+]31)c1cccc3c1C1N(C=CN21)CC3.